The summed E-state index contributed by atoms with van der Waals surface area (Å²) in [5.41, 5.74) is 7.68. The molecule has 4 nitrogen and oxygen atoms in total. The Kier molecular flexibility index (Phi) is 2.47. The molecule has 2 aromatic heterocycles. The summed E-state index contributed by atoms with van der Waals surface area (Å²) < 4.78 is 0. The van der Waals surface area contributed by atoms with Gasteiger partial charge >= 0.3 is 0 Å². The zero-order valence-corrected chi connectivity index (χ0v) is 7.77. The highest BCUT2D eigenvalue weighted by atomic mass is 16.3. The highest BCUT2D eigenvalue weighted by Crippen LogP contribution is 2.17. The standard InChI is InChI=1S/C10H13N3O/c11-9(2-4-14)8-5-7-1-3-12-10(7)13-6-8/h1,3,5-6,9,14H,2,4,11H2,(H,12,13)/t9-/m1/s1. The number of nitrogens with two attached hydrogens (primary N) is 1. The van der Waals surface area contributed by atoms with Crippen molar-refractivity contribution in [1.29, 1.82) is 0 Å². The highest BCUT2D eigenvalue weighted by molar-refractivity contribution is 5.75. The summed E-state index contributed by atoms with van der Waals surface area (Å²) >= 11 is 0. The Morgan fingerprint density at radius 1 is 1.57 bits per heavy atom. The average Bonchev–Trinajstić information content (AvgIpc) is 2.64. The van der Waals surface area contributed by atoms with E-state index in [4.69, 9.17) is 10.8 Å². The van der Waals surface area contributed by atoms with Gasteiger partial charge in [-0.15, -0.1) is 0 Å². The Hall–Kier alpha value is -1.39. The van der Waals surface area contributed by atoms with E-state index >= 15 is 0 Å². The number of aromatic nitrogens is 2. The first-order valence-corrected chi connectivity index (χ1v) is 4.60. The van der Waals surface area contributed by atoms with Crippen LogP contribution in [0.2, 0.25) is 0 Å². The third-order valence-electron chi connectivity index (χ3n) is 2.29. The molecule has 14 heavy (non-hydrogen) atoms. The van der Waals surface area contributed by atoms with Gasteiger partial charge in [-0.05, 0) is 24.1 Å². The number of aliphatic hydroxyl groups excluding tert-OH is 1. The molecule has 0 saturated carbocycles. The van der Waals surface area contributed by atoms with Crippen LogP contribution in [-0.2, 0) is 0 Å². The molecule has 0 saturated heterocycles. The van der Waals surface area contributed by atoms with Crippen molar-refractivity contribution in [3.05, 3.63) is 30.1 Å². The zero-order chi connectivity index (χ0) is 9.97. The first-order valence-electron chi connectivity index (χ1n) is 4.60. The lowest BCUT2D eigenvalue weighted by molar-refractivity contribution is 0.276. The SMILES string of the molecule is N[C@H](CCO)c1cnc2[nH]ccc2c1. The Morgan fingerprint density at radius 3 is 3.21 bits per heavy atom. The van der Waals surface area contributed by atoms with E-state index in [0.717, 1.165) is 16.6 Å². The summed E-state index contributed by atoms with van der Waals surface area (Å²) in [7, 11) is 0. The zero-order valence-electron chi connectivity index (χ0n) is 7.77. The summed E-state index contributed by atoms with van der Waals surface area (Å²) in [5.74, 6) is 0. The van der Waals surface area contributed by atoms with Crippen molar-refractivity contribution in [2.75, 3.05) is 6.61 Å². The van der Waals surface area contributed by atoms with Gasteiger partial charge in [0.05, 0.1) is 0 Å². The van der Waals surface area contributed by atoms with Gasteiger partial charge in [0.2, 0.25) is 0 Å². The van der Waals surface area contributed by atoms with Crippen molar-refractivity contribution < 1.29 is 5.11 Å². The minimum atomic E-state index is -0.133. The van der Waals surface area contributed by atoms with Gasteiger partial charge in [-0.2, -0.15) is 0 Å². The normalized spacial score (nSPS) is 13.3. The number of fused-ring (bicyclic) bond motifs is 1. The minimum absolute atomic E-state index is 0.104. The lowest BCUT2D eigenvalue weighted by Crippen LogP contribution is -2.12. The monoisotopic (exact) mass is 191 g/mol. The molecule has 0 radical (unpaired) electrons. The molecule has 1 atom stereocenters. The summed E-state index contributed by atoms with van der Waals surface area (Å²) in [6.07, 6.45) is 4.16. The van der Waals surface area contributed by atoms with E-state index in [1.54, 1.807) is 6.20 Å². The van der Waals surface area contributed by atoms with Crippen LogP contribution in [0.25, 0.3) is 11.0 Å². The van der Waals surface area contributed by atoms with Crippen LogP contribution in [0, 0.1) is 0 Å². The van der Waals surface area contributed by atoms with Gasteiger partial charge in [0.25, 0.3) is 0 Å². The molecule has 0 unspecified atom stereocenters. The van der Waals surface area contributed by atoms with Crippen molar-refractivity contribution >= 4 is 11.0 Å². The Morgan fingerprint density at radius 2 is 2.43 bits per heavy atom. The van der Waals surface area contributed by atoms with Gasteiger partial charge in [-0.1, -0.05) is 0 Å². The fourth-order valence-corrected chi connectivity index (χ4v) is 1.47. The Bertz CT molecular complexity index is 424. The number of hydrogen-bond acceptors (Lipinski definition) is 3. The van der Waals surface area contributed by atoms with Crippen molar-refractivity contribution in [2.24, 2.45) is 5.73 Å². The second kappa shape index (κ2) is 3.77. The van der Waals surface area contributed by atoms with Crippen LogP contribution < -0.4 is 5.73 Å². The molecular weight excluding hydrogens is 178 g/mol. The predicted octanol–water partition coefficient (Wildman–Crippen LogP) is 0.945. The molecule has 4 N–H and O–H groups in total. The number of nitrogens with one attached hydrogen (secondary N) is 1. The van der Waals surface area contributed by atoms with Crippen LogP contribution in [0.1, 0.15) is 18.0 Å². The van der Waals surface area contributed by atoms with Crippen LogP contribution in [0.4, 0.5) is 0 Å². The number of nitrogens with zero attached hydrogens (tertiary/aromatic N) is 1. The van der Waals surface area contributed by atoms with Crippen LogP contribution in [0.5, 0.6) is 0 Å². The van der Waals surface area contributed by atoms with Gasteiger partial charge < -0.3 is 15.8 Å². The third kappa shape index (κ3) is 1.62. The summed E-state index contributed by atoms with van der Waals surface area (Å²) in [6.45, 7) is 0.104. The molecule has 0 fully saturated rings. The third-order valence-corrected chi connectivity index (χ3v) is 2.29. The van der Waals surface area contributed by atoms with E-state index in [0.29, 0.717) is 6.42 Å². The molecule has 0 aromatic carbocycles. The van der Waals surface area contributed by atoms with Crippen molar-refractivity contribution in [3.63, 3.8) is 0 Å². The molecule has 0 aliphatic heterocycles. The van der Waals surface area contributed by atoms with Gasteiger partial charge in [0.1, 0.15) is 5.65 Å². The molecule has 2 aromatic rings. The van der Waals surface area contributed by atoms with E-state index in [1.807, 2.05) is 18.3 Å². The molecular formula is C10H13N3O. The number of rotatable bonds is 3. The fraction of sp³-hybridized carbons (Fsp3) is 0.300. The van der Waals surface area contributed by atoms with E-state index in [2.05, 4.69) is 9.97 Å². The second-order valence-corrected chi connectivity index (χ2v) is 3.30. The van der Waals surface area contributed by atoms with Crippen LogP contribution >= 0.6 is 0 Å². The minimum Gasteiger partial charge on any atom is -0.396 e. The summed E-state index contributed by atoms with van der Waals surface area (Å²) in [5, 5.41) is 9.82. The van der Waals surface area contributed by atoms with E-state index in [-0.39, 0.29) is 12.6 Å². The van der Waals surface area contributed by atoms with Crippen LogP contribution in [0.15, 0.2) is 24.5 Å². The number of H-pyrrole nitrogens is 1. The molecule has 2 heterocycles. The quantitative estimate of drug-likeness (QED) is 0.676. The van der Waals surface area contributed by atoms with E-state index in [9.17, 15) is 0 Å². The molecule has 2 rings (SSSR count). The van der Waals surface area contributed by atoms with Gasteiger partial charge in [-0.3, -0.25) is 0 Å². The maximum Gasteiger partial charge on any atom is 0.137 e. The smallest absolute Gasteiger partial charge is 0.137 e. The van der Waals surface area contributed by atoms with Crippen LogP contribution in [0.3, 0.4) is 0 Å². The molecule has 0 aliphatic carbocycles. The molecule has 0 spiro atoms. The first kappa shape index (κ1) is 9.18. The number of aliphatic hydroxyl groups is 1. The molecule has 74 valence electrons. The lowest BCUT2D eigenvalue weighted by Gasteiger charge is -2.09. The van der Waals surface area contributed by atoms with Crippen molar-refractivity contribution in [3.8, 4) is 0 Å². The maximum atomic E-state index is 8.76. The maximum absolute atomic E-state index is 8.76. The fourth-order valence-electron chi connectivity index (χ4n) is 1.47. The molecule has 0 bridgehead atoms. The Labute approximate surface area is 81.8 Å². The van der Waals surface area contributed by atoms with Crippen molar-refractivity contribution in [2.45, 2.75) is 12.5 Å². The Balaban J connectivity index is 2.33. The molecule has 4 heteroatoms. The van der Waals surface area contributed by atoms with Gasteiger partial charge in [0.15, 0.2) is 0 Å². The predicted molar refractivity (Wildman–Crippen MR) is 54.7 cm³/mol. The number of pyridine rings is 1. The van der Waals surface area contributed by atoms with Gasteiger partial charge in [-0.25, -0.2) is 4.98 Å². The van der Waals surface area contributed by atoms with Crippen molar-refractivity contribution in [1.82, 2.24) is 9.97 Å². The highest BCUT2D eigenvalue weighted by Gasteiger charge is 2.06. The van der Waals surface area contributed by atoms with Gasteiger partial charge in [0, 0.05) is 30.4 Å². The molecule has 0 amide bonds. The average molecular weight is 191 g/mol. The number of hydrogen-bond donors (Lipinski definition) is 3. The summed E-state index contributed by atoms with van der Waals surface area (Å²) in [4.78, 5) is 7.24. The lowest BCUT2D eigenvalue weighted by atomic mass is 10.1. The second-order valence-electron chi connectivity index (χ2n) is 3.30. The summed E-state index contributed by atoms with van der Waals surface area (Å²) in [6, 6.07) is 3.82. The largest absolute Gasteiger partial charge is 0.396 e. The number of aromatic amines is 1. The molecule has 0 aliphatic rings. The first-order chi connectivity index (χ1) is 6.81. The topological polar surface area (TPSA) is 74.9 Å². The van der Waals surface area contributed by atoms with E-state index < -0.39 is 0 Å². The van der Waals surface area contributed by atoms with E-state index in [1.165, 1.54) is 0 Å². The van der Waals surface area contributed by atoms with Crippen LogP contribution in [-0.4, -0.2) is 21.7 Å².